The summed E-state index contributed by atoms with van der Waals surface area (Å²) in [4.78, 5) is 0. The molecule has 0 N–H and O–H groups in total. The topological polar surface area (TPSA) is 27.3 Å². The summed E-state index contributed by atoms with van der Waals surface area (Å²) in [6.07, 6.45) is 0. The molecule has 52 heavy (non-hydrogen) atoms. The van der Waals surface area contributed by atoms with Gasteiger partial charge < -0.3 is 13.7 Å². The van der Waals surface area contributed by atoms with Crippen molar-refractivity contribution in [2.45, 2.75) is 5.41 Å². The van der Waals surface area contributed by atoms with E-state index in [0.717, 1.165) is 50.3 Å². The van der Waals surface area contributed by atoms with Gasteiger partial charge >= 0.3 is 0 Å². The third-order valence-corrected chi connectivity index (χ3v) is 11.5. The summed E-state index contributed by atoms with van der Waals surface area (Å²) in [6.45, 7) is 0. The smallest absolute Gasteiger partial charge is 0.135 e. The van der Waals surface area contributed by atoms with Crippen molar-refractivity contribution in [1.82, 2.24) is 4.57 Å². The number of benzene rings is 8. The molecule has 0 atom stereocenters. The minimum Gasteiger partial charge on any atom is -0.457 e. The lowest BCUT2D eigenvalue weighted by molar-refractivity contribution is 0.436. The zero-order valence-corrected chi connectivity index (χ0v) is 28.0. The zero-order valence-electron chi connectivity index (χ0n) is 28.0. The number of para-hydroxylation sites is 4. The molecule has 0 amide bonds. The van der Waals surface area contributed by atoms with Crippen molar-refractivity contribution in [1.29, 1.82) is 0 Å². The second-order valence-corrected chi connectivity index (χ2v) is 14.0. The van der Waals surface area contributed by atoms with Crippen LogP contribution in [0.3, 0.4) is 0 Å². The Balaban J connectivity index is 1.14. The molecule has 3 heteroatoms. The van der Waals surface area contributed by atoms with Gasteiger partial charge in [-0.25, -0.2) is 0 Å². The molecule has 1 aliphatic carbocycles. The van der Waals surface area contributed by atoms with E-state index >= 15 is 0 Å². The van der Waals surface area contributed by atoms with Crippen LogP contribution in [0.15, 0.2) is 180 Å². The highest BCUT2D eigenvalue weighted by Crippen LogP contribution is 2.62. The molecule has 0 fully saturated rings. The maximum absolute atomic E-state index is 6.61. The predicted molar refractivity (Wildman–Crippen MR) is 211 cm³/mol. The third-order valence-electron chi connectivity index (χ3n) is 11.5. The molecular weight excluding hydrogens is 635 g/mol. The molecule has 2 aliphatic rings. The number of rotatable bonds is 2. The molecule has 0 saturated heterocycles. The van der Waals surface area contributed by atoms with E-state index in [1.165, 1.54) is 55.2 Å². The molecular formula is C49H29NO2. The van der Waals surface area contributed by atoms with Crippen molar-refractivity contribution in [2.24, 2.45) is 0 Å². The van der Waals surface area contributed by atoms with Crippen LogP contribution in [0.1, 0.15) is 22.3 Å². The lowest BCUT2D eigenvalue weighted by Crippen LogP contribution is -2.32. The molecule has 0 saturated carbocycles. The van der Waals surface area contributed by atoms with E-state index in [1.54, 1.807) is 0 Å². The van der Waals surface area contributed by atoms with Crippen LogP contribution in [-0.2, 0) is 5.41 Å². The minimum atomic E-state index is -0.530. The Hall–Kier alpha value is -6.84. The Morgan fingerprint density at radius 2 is 1.06 bits per heavy atom. The van der Waals surface area contributed by atoms with Crippen molar-refractivity contribution in [3.05, 3.63) is 198 Å². The van der Waals surface area contributed by atoms with Gasteiger partial charge in [0.25, 0.3) is 0 Å². The first-order chi connectivity index (χ1) is 25.8. The van der Waals surface area contributed by atoms with Crippen molar-refractivity contribution in [2.75, 3.05) is 0 Å². The summed E-state index contributed by atoms with van der Waals surface area (Å²) in [6, 6.07) is 63.6. The van der Waals surface area contributed by atoms with Gasteiger partial charge in [0.2, 0.25) is 0 Å². The standard InChI is InChI=1S/C49H29NO2/c1-4-17-39-33(14-1)36-28-37-34-15-2-7-20-43(34)50(32-13-11-12-30(26-32)31-24-25-46-38(27-31)35-16-3-8-21-45(35)51-46)44(37)29-42(36)49(39)40-18-5-9-22-47(40)52-48-23-10-6-19-41(48)49/h1-29H. The van der Waals surface area contributed by atoms with Crippen molar-refractivity contribution in [3.8, 4) is 39.4 Å². The van der Waals surface area contributed by atoms with Crippen LogP contribution in [0.5, 0.6) is 11.5 Å². The van der Waals surface area contributed by atoms with Crippen LogP contribution in [0.25, 0.3) is 71.7 Å². The molecule has 0 unspecified atom stereocenters. The van der Waals surface area contributed by atoms with Gasteiger partial charge in [0.05, 0.1) is 16.4 Å². The lowest BCUT2D eigenvalue weighted by Gasteiger charge is -2.39. The first kappa shape index (κ1) is 27.9. The Morgan fingerprint density at radius 1 is 0.385 bits per heavy atom. The largest absolute Gasteiger partial charge is 0.457 e. The first-order valence-electron chi connectivity index (χ1n) is 17.8. The number of fused-ring (bicyclic) bond motifs is 15. The van der Waals surface area contributed by atoms with Gasteiger partial charge in [0.1, 0.15) is 22.7 Å². The average molecular weight is 664 g/mol. The van der Waals surface area contributed by atoms with E-state index in [-0.39, 0.29) is 0 Å². The third kappa shape index (κ3) is 3.54. The van der Waals surface area contributed by atoms with Crippen molar-refractivity contribution >= 4 is 43.7 Å². The molecule has 10 aromatic rings. The quantitative estimate of drug-likeness (QED) is 0.184. The van der Waals surface area contributed by atoms with Gasteiger partial charge in [-0.05, 0) is 94.0 Å². The van der Waals surface area contributed by atoms with E-state index in [4.69, 9.17) is 9.15 Å². The fourth-order valence-corrected chi connectivity index (χ4v) is 9.32. The SMILES string of the molecule is c1cc(-c2ccc3oc4ccccc4c3c2)cc(-n2c3ccccc3c3cc4c(cc32)C2(c3ccccc3Oc3ccccc32)c2ccccc2-4)c1. The Morgan fingerprint density at radius 3 is 1.90 bits per heavy atom. The molecule has 12 rings (SSSR count). The van der Waals surface area contributed by atoms with Gasteiger partial charge in [-0.3, -0.25) is 0 Å². The Kier molecular flexibility index (Phi) is 5.43. The van der Waals surface area contributed by atoms with Gasteiger partial charge in [0, 0.05) is 38.4 Å². The number of aromatic nitrogens is 1. The average Bonchev–Trinajstić information content (AvgIpc) is 3.83. The molecule has 2 aromatic heterocycles. The van der Waals surface area contributed by atoms with Crippen LogP contribution in [-0.4, -0.2) is 4.57 Å². The molecule has 0 bridgehead atoms. The molecule has 1 spiro atoms. The van der Waals surface area contributed by atoms with Gasteiger partial charge in [0.15, 0.2) is 0 Å². The number of nitrogens with zero attached hydrogens (tertiary/aromatic N) is 1. The fraction of sp³-hybridized carbons (Fsp3) is 0.0204. The number of furan rings is 1. The van der Waals surface area contributed by atoms with Crippen LogP contribution in [0.2, 0.25) is 0 Å². The molecule has 3 nitrogen and oxygen atoms in total. The molecule has 0 radical (unpaired) electrons. The second-order valence-electron chi connectivity index (χ2n) is 14.0. The summed E-state index contributed by atoms with van der Waals surface area (Å²) < 4.78 is 15.2. The molecule has 242 valence electrons. The van der Waals surface area contributed by atoms with E-state index in [1.807, 2.05) is 12.1 Å². The normalized spacial score (nSPS) is 13.7. The second kappa shape index (κ2) is 10.1. The summed E-state index contributed by atoms with van der Waals surface area (Å²) in [5.41, 5.74) is 14.6. The predicted octanol–water partition coefficient (Wildman–Crippen LogP) is 12.8. The lowest BCUT2D eigenvalue weighted by atomic mass is 9.66. The van der Waals surface area contributed by atoms with Gasteiger partial charge in [-0.2, -0.15) is 0 Å². The maximum atomic E-state index is 6.61. The molecule has 8 aromatic carbocycles. The number of hydrogen-bond donors (Lipinski definition) is 0. The van der Waals surface area contributed by atoms with Crippen LogP contribution < -0.4 is 4.74 Å². The van der Waals surface area contributed by atoms with Gasteiger partial charge in [-0.15, -0.1) is 0 Å². The molecule has 3 heterocycles. The summed E-state index contributed by atoms with van der Waals surface area (Å²) in [5.74, 6) is 1.80. The molecule has 1 aliphatic heterocycles. The van der Waals surface area contributed by atoms with E-state index < -0.39 is 5.41 Å². The van der Waals surface area contributed by atoms with Gasteiger partial charge in [-0.1, -0.05) is 115 Å². The van der Waals surface area contributed by atoms with E-state index in [9.17, 15) is 0 Å². The highest BCUT2D eigenvalue weighted by molar-refractivity contribution is 6.12. The monoisotopic (exact) mass is 663 g/mol. The van der Waals surface area contributed by atoms with Crippen LogP contribution in [0, 0.1) is 0 Å². The fourth-order valence-electron chi connectivity index (χ4n) is 9.32. The van der Waals surface area contributed by atoms with Crippen LogP contribution in [0.4, 0.5) is 0 Å². The number of hydrogen-bond acceptors (Lipinski definition) is 2. The number of ether oxygens (including phenoxy) is 1. The highest BCUT2D eigenvalue weighted by Gasteiger charge is 2.51. The van der Waals surface area contributed by atoms with Crippen LogP contribution >= 0.6 is 0 Å². The first-order valence-corrected chi connectivity index (χ1v) is 17.8. The Labute approximate surface area is 299 Å². The maximum Gasteiger partial charge on any atom is 0.135 e. The Bertz CT molecular complexity index is 3080. The minimum absolute atomic E-state index is 0.530. The van der Waals surface area contributed by atoms with Crippen molar-refractivity contribution in [3.63, 3.8) is 0 Å². The summed E-state index contributed by atoms with van der Waals surface area (Å²) >= 11 is 0. The highest BCUT2D eigenvalue weighted by atomic mass is 16.5. The van der Waals surface area contributed by atoms with E-state index in [2.05, 4.69) is 168 Å². The summed E-state index contributed by atoms with van der Waals surface area (Å²) in [7, 11) is 0. The zero-order chi connectivity index (χ0) is 34.0. The van der Waals surface area contributed by atoms with Crippen molar-refractivity contribution < 1.29 is 9.15 Å². The van der Waals surface area contributed by atoms with E-state index in [0.29, 0.717) is 0 Å². The summed E-state index contributed by atoms with van der Waals surface area (Å²) in [5, 5.41) is 4.75.